The quantitative estimate of drug-likeness (QED) is 0.179. The minimum atomic E-state index is -0.877. The van der Waals surface area contributed by atoms with E-state index in [-0.39, 0.29) is 20.4 Å². The van der Waals surface area contributed by atoms with E-state index in [1.807, 2.05) is 30.3 Å². The summed E-state index contributed by atoms with van der Waals surface area (Å²) in [4.78, 5) is 0. The Morgan fingerprint density at radius 1 is 0.667 bits per heavy atom. The van der Waals surface area contributed by atoms with E-state index in [9.17, 15) is 0 Å². The summed E-state index contributed by atoms with van der Waals surface area (Å²) >= 11 is 0. The molecular weight excluding hydrogens is 559 g/mol. The molecule has 0 fully saturated rings. The first kappa shape index (κ1) is 27.5. The third-order valence-electron chi connectivity index (χ3n) is 3.74. The summed E-state index contributed by atoms with van der Waals surface area (Å²) in [6, 6.07) is 42.5. The van der Waals surface area contributed by atoms with Gasteiger partial charge in [-0.25, -0.2) is 12.1 Å². The number of hydrogen-bond acceptors (Lipinski definition) is 1. The molecule has 4 aromatic carbocycles. The van der Waals surface area contributed by atoms with E-state index in [0.29, 0.717) is 0 Å². The molecule has 0 aliphatic heterocycles. The molecule has 30 heavy (non-hydrogen) atoms. The van der Waals surface area contributed by atoms with Crippen molar-refractivity contribution in [3.8, 4) is 0 Å². The smallest absolute Gasteiger partial charge is 0.102 e. The number of hydrogen-bond donors (Lipinski definition) is 0. The van der Waals surface area contributed by atoms with Gasteiger partial charge in [-0.2, -0.15) is 18.2 Å². The molecule has 0 amide bonds. The molecule has 4 aromatic rings. The van der Waals surface area contributed by atoms with Gasteiger partial charge >= 0.3 is 10.2 Å². The number of nitrogens with zero attached hydrogens (tertiary/aromatic N) is 1. The zero-order valence-electron chi connectivity index (χ0n) is 16.9. The molecule has 0 N–H and O–H groups in total. The van der Waals surface area contributed by atoms with Gasteiger partial charge in [0, 0.05) is 20.4 Å². The van der Waals surface area contributed by atoms with Gasteiger partial charge < -0.3 is 6.58 Å². The van der Waals surface area contributed by atoms with Crippen LogP contribution in [0.1, 0.15) is 6.92 Å². The van der Waals surface area contributed by atoms with Gasteiger partial charge in [0.1, 0.15) is 15.9 Å². The molecule has 0 aromatic heterocycles. The van der Waals surface area contributed by atoms with Crippen molar-refractivity contribution >= 4 is 23.8 Å². The number of rotatable bonds is 3. The fourth-order valence-corrected chi connectivity index (χ4v) is 5.21. The zero-order chi connectivity index (χ0) is 21.2. The normalized spacial score (nSPS) is 8.53. The van der Waals surface area contributed by atoms with E-state index in [1.54, 1.807) is 6.92 Å². The minimum absolute atomic E-state index is 0. The Bertz CT molecular complexity index is 784. The fraction of sp³-hybridized carbons (Fsp3) is 0.0385. The van der Waals surface area contributed by atoms with Gasteiger partial charge in [-0.1, -0.05) is 61.5 Å². The number of benzene rings is 3. The van der Waals surface area contributed by atoms with Gasteiger partial charge in [0.05, 0.1) is 7.92 Å². The summed E-state index contributed by atoms with van der Waals surface area (Å²) in [5.41, 5.74) is 5.75. The first-order valence-corrected chi connectivity index (χ1v) is 10.7. The molecule has 4 heteroatoms. The molecule has 0 aliphatic rings. The van der Waals surface area contributed by atoms with Crippen LogP contribution >= 0.6 is 7.92 Å². The average Bonchev–Trinajstić information content (AvgIpc) is 3.39. The van der Waals surface area contributed by atoms with Crippen molar-refractivity contribution in [1.82, 2.24) is 0 Å². The maximum absolute atomic E-state index is 7.25. The van der Waals surface area contributed by atoms with Crippen LogP contribution in [0.2, 0.25) is 0 Å². The molecular formula is C26H26NOPRe. The SMILES string of the molecule is N#[O+].[CH-]=CC.[Re].c1cc[cH-]c1.c1ccc([PH+](c2ccccc2)c2ccccc2)cc1. The molecule has 0 atom stereocenters. The molecule has 0 saturated carbocycles. The topological polar surface area (TPSA) is 43.7 Å². The van der Waals surface area contributed by atoms with Gasteiger partial charge in [0.15, 0.2) is 0 Å². The van der Waals surface area contributed by atoms with E-state index < -0.39 is 7.92 Å². The average molecular weight is 586 g/mol. The monoisotopic (exact) mass is 586 g/mol. The Kier molecular flexibility index (Phi) is 17.0. The molecule has 1 radical (unpaired) electrons. The first-order chi connectivity index (χ1) is 14.4. The first-order valence-electron chi connectivity index (χ1n) is 9.24. The maximum atomic E-state index is 7.25. The van der Waals surface area contributed by atoms with Crippen LogP contribution in [0, 0.1) is 12.0 Å². The summed E-state index contributed by atoms with van der Waals surface area (Å²) in [6.45, 7) is 6.50. The van der Waals surface area contributed by atoms with Gasteiger partial charge in [-0.15, -0.1) is 0 Å². The van der Waals surface area contributed by atoms with Gasteiger partial charge in [0.2, 0.25) is 0 Å². The molecule has 0 aliphatic carbocycles. The van der Waals surface area contributed by atoms with Gasteiger partial charge in [-0.3, -0.25) is 6.08 Å². The third-order valence-corrected chi connectivity index (χ3v) is 6.47. The summed E-state index contributed by atoms with van der Waals surface area (Å²) < 4.78 is 7.25. The van der Waals surface area contributed by atoms with Crippen molar-refractivity contribution in [2.24, 2.45) is 0 Å². The Balaban J connectivity index is 0.000000643. The van der Waals surface area contributed by atoms with Crippen LogP contribution in [0.25, 0.3) is 0 Å². The summed E-state index contributed by atoms with van der Waals surface area (Å²) in [7, 11) is -0.877. The van der Waals surface area contributed by atoms with E-state index in [0.717, 1.165) is 0 Å². The molecule has 0 spiro atoms. The van der Waals surface area contributed by atoms with Crippen molar-refractivity contribution in [1.29, 1.82) is 5.46 Å². The Morgan fingerprint density at radius 2 is 0.933 bits per heavy atom. The van der Waals surface area contributed by atoms with Crippen molar-refractivity contribution in [2.75, 3.05) is 0 Å². The van der Waals surface area contributed by atoms with E-state index in [2.05, 4.69) is 91.0 Å². The largest absolute Gasteiger partial charge is 0.518 e. The third kappa shape index (κ3) is 10.3. The second-order valence-corrected chi connectivity index (χ2v) is 8.25. The predicted molar refractivity (Wildman–Crippen MR) is 126 cm³/mol. The van der Waals surface area contributed by atoms with Crippen molar-refractivity contribution in [2.45, 2.75) is 6.92 Å². The van der Waals surface area contributed by atoms with Crippen LogP contribution in [0.4, 0.5) is 0 Å². The van der Waals surface area contributed by atoms with Crippen LogP contribution in [-0.4, -0.2) is 0 Å². The van der Waals surface area contributed by atoms with Crippen LogP contribution in [0.3, 0.4) is 0 Å². The summed E-state index contributed by atoms with van der Waals surface area (Å²) in [5.74, 6) is 0. The second kappa shape index (κ2) is 18.5. The molecule has 4 rings (SSSR count). The summed E-state index contributed by atoms with van der Waals surface area (Å²) in [5, 5.41) is 4.31. The second-order valence-electron chi connectivity index (χ2n) is 5.77. The van der Waals surface area contributed by atoms with E-state index >= 15 is 0 Å². The van der Waals surface area contributed by atoms with Crippen LogP contribution in [-0.2, 0) is 25.2 Å². The molecule has 2 nitrogen and oxygen atoms in total. The molecule has 0 unspecified atom stereocenters. The fourth-order valence-electron chi connectivity index (χ4n) is 2.64. The molecule has 0 bridgehead atoms. The van der Waals surface area contributed by atoms with E-state index in [1.165, 1.54) is 22.0 Å². The molecule has 153 valence electrons. The standard InChI is InChI=1S/C18H15P.C5H5.C3H5.NO.Re/c1-4-10-16(11-5-1)19(17-12-6-2-7-13-17)18-14-8-3-9-15-18;1-2-4-5-3-1;1-3-2;1-2;/h1-15H;1-5H;1,3H,2H3;;/q;2*-1;+1;/p+1. The Labute approximate surface area is 195 Å². The Morgan fingerprint density at radius 3 is 1.13 bits per heavy atom. The number of allylic oxidation sites excluding steroid dienone is 1. The van der Waals surface area contributed by atoms with Gasteiger partial charge in [-0.05, 0) is 36.4 Å². The summed E-state index contributed by atoms with van der Waals surface area (Å²) in [6.07, 6.45) is 1.50. The minimum Gasteiger partial charge on any atom is -0.518 e. The van der Waals surface area contributed by atoms with Crippen molar-refractivity contribution in [3.63, 3.8) is 0 Å². The van der Waals surface area contributed by atoms with Crippen molar-refractivity contribution in [3.05, 3.63) is 134 Å². The van der Waals surface area contributed by atoms with Crippen LogP contribution in [0.5, 0.6) is 0 Å². The zero-order valence-corrected chi connectivity index (χ0v) is 20.7. The predicted octanol–water partition coefficient (Wildman–Crippen LogP) is 5.47. The van der Waals surface area contributed by atoms with Crippen molar-refractivity contribution < 1.29 is 25.2 Å². The van der Waals surface area contributed by atoms with Crippen LogP contribution < -0.4 is 15.9 Å². The van der Waals surface area contributed by atoms with Crippen LogP contribution in [0.15, 0.2) is 127 Å². The molecule has 0 heterocycles. The van der Waals surface area contributed by atoms with Gasteiger partial charge in [0.25, 0.3) is 0 Å². The molecule has 0 saturated heterocycles. The Hall–Kier alpha value is -2.49. The maximum Gasteiger partial charge on any atom is 0.102 e. The van der Waals surface area contributed by atoms with E-state index in [4.69, 9.17) is 16.8 Å².